The van der Waals surface area contributed by atoms with E-state index >= 15 is 0 Å². The minimum atomic E-state index is -0.0652. The number of nitrogens with zero attached hydrogens (tertiary/aromatic N) is 5. The Kier molecular flexibility index (Phi) is 5.47. The Bertz CT molecular complexity index is 955. The predicted molar refractivity (Wildman–Crippen MR) is 110 cm³/mol. The number of amides is 1. The van der Waals surface area contributed by atoms with Gasteiger partial charge in [-0.05, 0) is 19.8 Å². The van der Waals surface area contributed by atoms with Gasteiger partial charge in [-0.25, -0.2) is 4.68 Å². The Labute approximate surface area is 168 Å². The molecule has 0 unspecified atom stereocenters. The van der Waals surface area contributed by atoms with Gasteiger partial charge in [-0.1, -0.05) is 54.4 Å². The van der Waals surface area contributed by atoms with Crippen LogP contribution < -0.4 is 5.32 Å². The van der Waals surface area contributed by atoms with E-state index in [1.165, 1.54) is 30.2 Å². The minimum absolute atomic E-state index is 0.0652. The average molecular weight is 397 g/mol. The summed E-state index contributed by atoms with van der Waals surface area (Å²) in [5, 5.41) is 16.6. The van der Waals surface area contributed by atoms with Crippen LogP contribution in [-0.2, 0) is 11.8 Å². The molecule has 0 spiro atoms. The van der Waals surface area contributed by atoms with Gasteiger partial charge in [-0.2, -0.15) is 5.10 Å². The molecule has 1 saturated carbocycles. The van der Waals surface area contributed by atoms with Crippen LogP contribution in [0.5, 0.6) is 0 Å². The number of hydrogen-bond acceptors (Lipinski definition) is 5. The summed E-state index contributed by atoms with van der Waals surface area (Å²) in [5.74, 6) is 1.78. The maximum Gasteiger partial charge on any atom is 0.235 e. The van der Waals surface area contributed by atoms with Crippen molar-refractivity contribution in [1.29, 1.82) is 0 Å². The van der Waals surface area contributed by atoms with Crippen molar-refractivity contribution in [2.75, 3.05) is 11.1 Å². The summed E-state index contributed by atoms with van der Waals surface area (Å²) in [7, 11) is 1.92. The third kappa shape index (κ3) is 3.96. The minimum Gasteiger partial charge on any atom is -0.310 e. The summed E-state index contributed by atoms with van der Waals surface area (Å²) >= 11 is 1.38. The predicted octanol–water partition coefficient (Wildman–Crippen LogP) is 3.83. The molecule has 8 heteroatoms. The first-order chi connectivity index (χ1) is 13.6. The summed E-state index contributed by atoms with van der Waals surface area (Å²) in [5.41, 5.74) is 2.21. The quantitative estimate of drug-likeness (QED) is 0.641. The molecule has 2 heterocycles. The van der Waals surface area contributed by atoms with Gasteiger partial charge in [0.05, 0.1) is 18.0 Å². The number of thioether (sulfide) groups is 1. The summed E-state index contributed by atoms with van der Waals surface area (Å²) in [6.07, 6.45) is 6.45. The molecule has 0 bridgehead atoms. The van der Waals surface area contributed by atoms with E-state index in [2.05, 4.69) is 39.7 Å². The van der Waals surface area contributed by atoms with Crippen molar-refractivity contribution >= 4 is 23.5 Å². The Balaban J connectivity index is 1.38. The van der Waals surface area contributed by atoms with Crippen molar-refractivity contribution in [1.82, 2.24) is 24.5 Å². The first-order valence-corrected chi connectivity index (χ1v) is 10.5. The molecule has 0 radical (unpaired) electrons. The van der Waals surface area contributed by atoms with Gasteiger partial charge in [0, 0.05) is 18.7 Å². The maximum atomic E-state index is 12.4. The van der Waals surface area contributed by atoms with Crippen LogP contribution in [0.3, 0.4) is 0 Å². The molecule has 1 fully saturated rings. The second-order valence-electron chi connectivity index (χ2n) is 7.17. The molecule has 146 valence electrons. The van der Waals surface area contributed by atoms with Crippen molar-refractivity contribution in [2.24, 2.45) is 7.05 Å². The van der Waals surface area contributed by atoms with E-state index < -0.39 is 0 Å². The fraction of sp³-hybridized carbons (Fsp3) is 0.400. The number of anilines is 1. The first kappa shape index (κ1) is 18.7. The van der Waals surface area contributed by atoms with Gasteiger partial charge in [0.1, 0.15) is 5.82 Å². The smallest absolute Gasteiger partial charge is 0.235 e. The zero-order chi connectivity index (χ0) is 19.5. The molecule has 0 atom stereocenters. The monoisotopic (exact) mass is 396 g/mol. The number of hydrogen-bond donors (Lipinski definition) is 1. The van der Waals surface area contributed by atoms with Crippen LogP contribution in [0.15, 0.2) is 41.7 Å². The highest BCUT2D eigenvalue weighted by Gasteiger charge is 2.21. The molecular formula is C20H24N6OS. The summed E-state index contributed by atoms with van der Waals surface area (Å²) in [6, 6.07) is 10.4. The first-order valence-electron chi connectivity index (χ1n) is 9.54. The van der Waals surface area contributed by atoms with Gasteiger partial charge in [0.2, 0.25) is 5.91 Å². The molecule has 4 rings (SSSR count). The fourth-order valence-electron chi connectivity index (χ4n) is 3.56. The van der Waals surface area contributed by atoms with Crippen molar-refractivity contribution < 1.29 is 4.79 Å². The lowest BCUT2D eigenvalue weighted by atomic mass is 10.1. The van der Waals surface area contributed by atoms with Crippen molar-refractivity contribution in [3.8, 4) is 11.4 Å². The van der Waals surface area contributed by atoms with Crippen molar-refractivity contribution in [3.63, 3.8) is 0 Å². The van der Waals surface area contributed by atoms with Crippen molar-refractivity contribution in [3.05, 3.63) is 42.1 Å². The molecule has 0 saturated heterocycles. The molecule has 1 aliphatic carbocycles. The van der Waals surface area contributed by atoms with Gasteiger partial charge >= 0.3 is 0 Å². The molecule has 1 aliphatic rings. The van der Waals surface area contributed by atoms with E-state index in [9.17, 15) is 4.79 Å². The van der Waals surface area contributed by atoms with Crippen LogP contribution in [-0.4, -0.2) is 36.2 Å². The van der Waals surface area contributed by atoms with Gasteiger partial charge in [-0.3, -0.25) is 4.79 Å². The summed E-state index contributed by atoms with van der Waals surface area (Å²) in [4.78, 5) is 12.4. The van der Waals surface area contributed by atoms with Gasteiger partial charge < -0.3 is 9.88 Å². The maximum absolute atomic E-state index is 12.4. The van der Waals surface area contributed by atoms with Gasteiger partial charge in [-0.15, -0.1) is 10.2 Å². The molecule has 1 aromatic carbocycles. The van der Waals surface area contributed by atoms with Gasteiger partial charge in [0.25, 0.3) is 0 Å². The molecular weight excluding hydrogens is 372 g/mol. The number of rotatable bonds is 6. The number of aryl methyl sites for hydroxylation is 1. The zero-order valence-electron chi connectivity index (χ0n) is 16.1. The fourth-order valence-corrected chi connectivity index (χ4v) is 4.27. The SMILES string of the molecule is Cc1ccc(-c2nnc(SCC(=O)Nc3ccnn3C3CCCC3)n2C)cc1. The van der Waals surface area contributed by atoms with Crippen LogP contribution in [0.4, 0.5) is 5.82 Å². The third-order valence-electron chi connectivity index (χ3n) is 5.09. The second kappa shape index (κ2) is 8.18. The second-order valence-corrected chi connectivity index (χ2v) is 8.11. The normalized spacial score (nSPS) is 14.5. The lowest BCUT2D eigenvalue weighted by molar-refractivity contribution is -0.113. The van der Waals surface area contributed by atoms with Crippen LogP contribution >= 0.6 is 11.8 Å². The lowest BCUT2D eigenvalue weighted by Gasteiger charge is -2.14. The van der Waals surface area contributed by atoms with E-state index in [-0.39, 0.29) is 11.7 Å². The average Bonchev–Trinajstić information content (AvgIpc) is 3.42. The highest BCUT2D eigenvalue weighted by Crippen LogP contribution is 2.31. The Hall–Kier alpha value is -2.61. The number of nitrogens with one attached hydrogen (secondary N) is 1. The number of benzene rings is 1. The number of aromatic nitrogens is 5. The van der Waals surface area contributed by atoms with Crippen LogP contribution in [0.2, 0.25) is 0 Å². The van der Waals surface area contributed by atoms with E-state index in [1.807, 2.05) is 34.5 Å². The van der Waals surface area contributed by atoms with E-state index in [4.69, 9.17) is 0 Å². The molecule has 0 aliphatic heterocycles. The lowest BCUT2D eigenvalue weighted by Crippen LogP contribution is -2.19. The van der Waals surface area contributed by atoms with E-state index in [1.54, 1.807) is 6.20 Å². The standard InChI is InChI=1S/C20H24N6OS/c1-14-7-9-15(10-8-14)19-23-24-20(25(19)2)28-13-18(27)22-17-11-12-21-26(17)16-5-3-4-6-16/h7-12,16H,3-6,13H2,1-2H3,(H,22,27). The van der Waals surface area contributed by atoms with E-state index in [0.29, 0.717) is 6.04 Å². The Morgan fingerprint density at radius 2 is 1.93 bits per heavy atom. The molecule has 1 amide bonds. The molecule has 28 heavy (non-hydrogen) atoms. The number of carbonyl (C=O) groups is 1. The van der Waals surface area contributed by atoms with Crippen molar-refractivity contribution in [2.45, 2.75) is 43.8 Å². The van der Waals surface area contributed by atoms with Crippen LogP contribution in [0.1, 0.15) is 37.3 Å². The summed E-state index contributed by atoms with van der Waals surface area (Å²) < 4.78 is 3.87. The Morgan fingerprint density at radius 3 is 2.68 bits per heavy atom. The molecule has 7 nitrogen and oxygen atoms in total. The molecule has 3 aromatic rings. The Morgan fingerprint density at radius 1 is 1.18 bits per heavy atom. The topological polar surface area (TPSA) is 77.6 Å². The number of carbonyl (C=O) groups excluding carboxylic acids is 1. The largest absolute Gasteiger partial charge is 0.310 e. The highest BCUT2D eigenvalue weighted by molar-refractivity contribution is 7.99. The highest BCUT2D eigenvalue weighted by atomic mass is 32.2. The molecule has 2 aromatic heterocycles. The third-order valence-corrected chi connectivity index (χ3v) is 6.11. The summed E-state index contributed by atoms with van der Waals surface area (Å²) in [6.45, 7) is 2.05. The van der Waals surface area contributed by atoms with E-state index in [0.717, 1.165) is 35.2 Å². The van der Waals surface area contributed by atoms with Gasteiger partial charge in [0.15, 0.2) is 11.0 Å². The van der Waals surface area contributed by atoms with Crippen LogP contribution in [0.25, 0.3) is 11.4 Å². The van der Waals surface area contributed by atoms with Crippen LogP contribution in [0, 0.1) is 6.92 Å². The molecule has 1 N–H and O–H groups in total. The zero-order valence-corrected chi connectivity index (χ0v) is 16.9.